The molecule has 6 heteroatoms. The van der Waals surface area contributed by atoms with E-state index in [1.54, 1.807) is 6.07 Å². The van der Waals surface area contributed by atoms with E-state index in [-0.39, 0.29) is 6.04 Å². The smallest absolute Gasteiger partial charge is 0.250 e. The third kappa shape index (κ3) is 6.91. The molecule has 1 atom stereocenters. The monoisotopic (exact) mass is 332 g/mol. The van der Waals surface area contributed by atoms with Crippen molar-refractivity contribution < 1.29 is 8.42 Å². The Morgan fingerprint density at radius 3 is 2.62 bits per heavy atom. The van der Waals surface area contributed by atoms with Crippen LogP contribution in [0.5, 0.6) is 0 Å². The SMILES string of the molecule is CCCCCCC(C)NS(=O)(=O)c1ccc(CNCC)s1. The minimum atomic E-state index is -3.37. The summed E-state index contributed by atoms with van der Waals surface area (Å²) >= 11 is 1.34. The summed E-state index contributed by atoms with van der Waals surface area (Å²) in [5, 5.41) is 3.21. The second-order valence-corrected chi connectivity index (χ2v) is 8.48. The summed E-state index contributed by atoms with van der Waals surface area (Å²) in [5.41, 5.74) is 0. The van der Waals surface area contributed by atoms with Gasteiger partial charge in [0.25, 0.3) is 0 Å². The molecule has 1 rings (SSSR count). The van der Waals surface area contributed by atoms with Crippen LogP contribution in [0.3, 0.4) is 0 Å². The Morgan fingerprint density at radius 2 is 1.95 bits per heavy atom. The normalized spacial score (nSPS) is 13.5. The van der Waals surface area contributed by atoms with Gasteiger partial charge < -0.3 is 5.32 Å². The molecule has 1 aromatic heterocycles. The highest BCUT2D eigenvalue weighted by Crippen LogP contribution is 2.22. The van der Waals surface area contributed by atoms with Gasteiger partial charge in [-0.1, -0.05) is 39.5 Å². The molecule has 0 aliphatic heterocycles. The molecular weight excluding hydrogens is 304 g/mol. The molecule has 0 aliphatic rings. The van der Waals surface area contributed by atoms with Crippen molar-refractivity contribution in [2.45, 2.75) is 69.7 Å². The molecule has 0 aliphatic carbocycles. The van der Waals surface area contributed by atoms with Crippen LogP contribution in [0.15, 0.2) is 16.3 Å². The van der Waals surface area contributed by atoms with Crippen molar-refractivity contribution in [3.8, 4) is 0 Å². The molecule has 0 spiro atoms. The maximum atomic E-state index is 12.3. The number of thiophene rings is 1. The van der Waals surface area contributed by atoms with E-state index < -0.39 is 10.0 Å². The van der Waals surface area contributed by atoms with Crippen LogP contribution in [-0.4, -0.2) is 21.0 Å². The molecule has 0 saturated heterocycles. The highest BCUT2D eigenvalue weighted by atomic mass is 32.2. The van der Waals surface area contributed by atoms with E-state index in [0.717, 1.165) is 30.8 Å². The van der Waals surface area contributed by atoms with E-state index in [9.17, 15) is 8.42 Å². The lowest BCUT2D eigenvalue weighted by Gasteiger charge is -2.13. The van der Waals surface area contributed by atoms with Gasteiger partial charge in [-0.25, -0.2) is 13.1 Å². The predicted molar refractivity (Wildman–Crippen MR) is 90.2 cm³/mol. The molecule has 0 aromatic carbocycles. The first-order chi connectivity index (χ1) is 9.99. The zero-order valence-corrected chi connectivity index (χ0v) is 14.9. The van der Waals surface area contributed by atoms with E-state index in [2.05, 4.69) is 17.0 Å². The van der Waals surface area contributed by atoms with Crippen molar-refractivity contribution >= 4 is 21.4 Å². The summed E-state index contributed by atoms with van der Waals surface area (Å²) < 4.78 is 27.8. The van der Waals surface area contributed by atoms with E-state index in [4.69, 9.17) is 0 Å². The van der Waals surface area contributed by atoms with Crippen molar-refractivity contribution in [2.75, 3.05) is 6.54 Å². The number of sulfonamides is 1. The Hall–Kier alpha value is -0.430. The number of hydrogen-bond donors (Lipinski definition) is 2. The van der Waals surface area contributed by atoms with Crippen LogP contribution in [0.1, 0.15) is 57.8 Å². The largest absolute Gasteiger partial charge is 0.312 e. The second kappa shape index (κ2) is 9.56. The Kier molecular flexibility index (Phi) is 8.48. The second-order valence-electron chi connectivity index (χ2n) is 5.37. The first-order valence-electron chi connectivity index (χ1n) is 7.81. The maximum absolute atomic E-state index is 12.3. The molecule has 21 heavy (non-hydrogen) atoms. The van der Waals surface area contributed by atoms with Crippen LogP contribution < -0.4 is 10.0 Å². The molecule has 0 saturated carbocycles. The minimum Gasteiger partial charge on any atom is -0.312 e. The highest BCUT2D eigenvalue weighted by molar-refractivity contribution is 7.91. The van der Waals surface area contributed by atoms with Gasteiger partial charge in [0.05, 0.1) is 0 Å². The average molecular weight is 333 g/mol. The summed E-state index contributed by atoms with van der Waals surface area (Å²) in [6, 6.07) is 3.57. The Balaban J connectivity index is 2.50. The van der Waals surface area contributed by atoms with Crippen LogP contribution >= 0.6 is 11.3 Å². The molecule has 0 amide bonds. The number of hydrogen-bond acceptors (Lipinski definition) is 4. The van der Waals surface area contributed by atoms with Crippen molar-refractivity contribution in [1.82, 2.24) is 10.0 Å². The molecular formula is C15H28N2O2S2. The predicted octanol–water partition coefficient (Wildman–Crippen LogP) is 3.49. The van der Waals surface area contributed by atoms with Gasteiger partial charge in [-0.3, -0.25) is 0 Å². The molecule has 4 nitrogen and oxygen atoms in total. The fraction of sp³-hybridized carbons (Fsp3) is 0.733. The first-order valence-corrected chi connectivity index (χ1v) is 10.1. The minimum absolute atomic E-state index is 0.00817. The van der Waals surface area contributed by atoms with E-state index in [0.29, 0.717) is 4.21 Å². The lowest BCUT2D eigenvalue weighted by molar-refractivity contribution is 0.523. The van der Waals surface area contributed by atoms with Gasteiger partial charge in [-0.05, 0) is 32.0 Å². The van der Waals surface area contributed by atoms with E-state index in [1.165, 1.54) is 30.6 Å². The number of rotatable bonds is 11. The molecule has 0 bridgehead atoms. The molecule has 1 heterocycles. The van der Waals surface area contributed by atoms with Gasteiger partial charge >= 0.3 is 0 Å². The molecule has 1 aromatic rings. The molecule has 1 unspecified atom stereocenters. The molecule has 0 radical (unpaired) electrons. The molecule has 122 valence electrons. The number of nitrogens with one attached hydrogen (secondary N) is 2. The summed E-state index contributed by atoms with van der Waals surface area (Å²) in [5.74, 6) is 0. The molecule has 0 fully saturated rings. The van der Waals surface area contributed by atoms with Crippen LogP contribution in [0.4, 0.5) is 0 Å². The fourth-order valence-corrected chi connectivity index (χ4v) is 4.73. The first kappa shape index (κ1) is 18.6. The van der Waals surface area contributed by atoms with Gasteiger partial charge in [0.2, 0.25) is 10.0 Å². The van der Waals surface area contributed by atoms with Crippen molar-refractivity contribution in [1.29, 1.82) is 0 Å². The lowest BCUT2D eigenvalue weighted by Crippen LogP contribution is -2.32. The van der Waals surface area contributed by atoms with E-state index >= 15 is 0 Å². The fourth-order valence-electron chi connectivity index (χ4n) is 2.11. The van der Waals surface area contributed by atoms with Gasteiger partial charge in [-0.15, -0.1) is 11.3 Å². The van der Waals surface area contributed by atoms with Gasteiger partial charge in [0, 0.05) is 17.5 Å². The lowest BCUT2D eigenvalue weighted by atomic mass is 10.1. The van der Waals surface area contributed by atoms with Crippen molar-refractivity contribution in [3.63, 3.8) is 0 Å². The summed E-state index contributed by atoms with van der Waals surface area (Å²) in [4.78, 5) is 1.05. The Labute approximate surface area is 133 Å². The van der Waals surface area contributed by atoms with Crippen molar-refractivity contribution in [2.24, 2.45) is 0 Å². The highest BCUT2D eigenvalue weighted by Gasteiger charge is 2.19. The van der Waals surface area contributed by atoms with Gasteiger partial charge in [0.1, 0.15) is 4.21 Å². The summed E-state index contributed by atoms with van der Waals surface area (Å²) in [6.45, 7) is 7.76. The van der Waals surface area contributed by atoms with Crippen LogP contribution in [0.25, 0.3) is 0 Å². The quantitative estimate of drug-likeness (QED) is 0.610. The van der Waals surface area contributed by atoms with Crippen molar-refractivity contribution in [3.05, 3.63) is 17.0 Å². The standard InChI is InChI=1S/C15H28N2O2S2/c1-4-6-7-8-9-13(3)17-21(18,19)15-11-10-14(20-15)12-16-5-2/h10-11,13,16-17H,4-9,12H2,1-3H3. The third-order valence-electron chi connectivity index (χ3n) is 3.30. The molecule has 2 N–H and O–H groups in total. The number of unbranched alkanes of at least 4 members (excludes halogenated alkanes) is 3. The van der Waals surface area contributed by atoms with Crippen LogP contribution in [0, 0.1) is 0 Å². The third-order valence-corrected chi connectivity index (χ3v) is 6.46. The Bertz CT molecular complexity index is 498. The summed E-state index contributed by atoms with van der Waals surface area (Å²) in [7, 11) is -3.37. The van der Waals surface area contributed by atoms with E-state index in [1.807, 2.05) is 19.9 Å². The maximum Gasteiger partial charge on any atom is 0.250 e. The summed E-state index contributed by atoms with van der Waals surface area (Å²) in [6.07, 6.45) is 5.57. The zero-order valence-electron chi connectivity index (χ0n) is 13.3. The van der Waals surface area contributed by atoms with Gasteiger partial charge in [-0.2, -0.15) is 0 Å². The van der Waals surface area contributed by atoms with Gasteiger partial charge in [0.15, 0.2) is 0 Å². The average Bonchev–Trinajstić information content (AvgIpc) is 2.90. The Morgan fingerprint density at radius 1 is 1.19 bits per heavy atom. The zero-order chi connectivity index (χ0) is 15.7. The topological polar surface area (TPSA) is 58.2 Å². The van der Waals surface area contributed by atoms with Crippen LogP contribution in [0.2, 0.25) is 0 Å². The van der Waals surface area contributed by atoms with Crippen LogP contribution in [-0.2, 0) is 16.6 Å².